The van der Waals surface area contributed by atoms with Gasteiger partial charge in [0.15, 0.2) is 5.58 Å². The number of halogens is 1. The van der Waals surface area contributed by atoms with Gasteiger partial charge in [-0.25, -0.2) is 4.98 Å². The van der Waals surface area contributed by atoms with Crippen LogP contribution < -0.4 is 0 Å². The highest BCUT2D eigenvalue weighted by Gasteiger charge is 2.16. The first kappa shape index (κ1) is 17.8. The average Bonchev–Trinajstić information content (AvgIpc) is 3.28. The first-order chi connectivity index (χ1) is 15.8. The number of hydrogen-bond donors (Lipinski definition) is 0. The minimum atomic E-state index is 0.638. The zero-order valence-electron chi connectivity index (χ0n) is 17.0. The minimum Gasteiger partial charge on any atom is -0.435 e. The summed E-state index contributed by atoms with van der Waals surface area (Å²) in [6.07, 6.45) is 0. The molecule has 0 atom stereocenters. The van der Waals surface area contributed by atoms with Crippen LogP contribution in [0.4, 0.5) is 0 Å². The summed E-state index contributed by atoms with van der Waals surface area (Å²) >= 11 is 6.53. The van der Waals surface area contributed by atoms with Crippen molar-refractivity contribution >= 4 is 65.8 Å². The molecule has 0 amide bonds. The largest absolute Gasteiger partial charge is 0.435 e. The van der Waals surface area contributed by atoms with Crippen molar-refractivity contribution in [3.05, 3.63) is 102 Å². The predicted octanol–water partition coefficient (Wildman–Crippen LogP) is 8.76. The monoisotopic (exact) mass is 429 g/mol. The van der Waals surface area contributed by atoms with Gasteiger partial charge in [-0.1, -0.05) is 90.5 Å². The van der Waals surface area contributed by atoms with Gasteiger partial charge < -0.3 is 4.42 Å². The fraction of sp³-hybridized carbons (Fsp3) is 0. The highest BCUT2D eigenvalue weighted by molar-refractivity contribution is 6.37. The van der Waals surface area contributed by atoms with Crippen molar-refractivity contribution in [3.63, 3.8) is 0 Å². The van der Waals surface area contributed by atoms with E-state index in [0.29, 0.717) is 5.89 Å². The molecule has 32 heavy (non-hydrogen) atoms. The van der Waals surface area contributed by atoms with E-state index in [4.69, 9.17) is 21.0 Å². The summed E-state index contributed by atoms with van der Waals surface area (Å²) in [6.45, 7) is 0. The van der Waals surface area contributed by atoms with Crippen LogP contribution >= 0.6 is 11.6 Å². The molecule has 7 aromatic rings. The van der Waals surface area contributed by atoms with Crippen LogP contribution in [0.2, 0.25) is 5.02 Å². The van der Waals surface area contributed by atoms with Gasteiger partial charge in [0.2, 0.25) is 5.89 Å². The van der Waals surface area contributed by atoms with Gasteiger partial charge in [0.1, 0.15) is 5.52 Å². The van der Waals surface area contributed by atoms with Crippen molar-refractivity contribution in [2.75, 3.05) is 0 Å². The molecule has 3 heteroatoms. The number of nitrogens with zero attached hydrogens (tertiary/aromatic N) is 1. The number of fused-ring (bicyclic) bond motifs is 8. The molecule has 0 radical (unpaired) electrons. The Kier molecular flexibility index (Phi) is 3.64. The summed E-state index contributed by atoms with van der Waals surface area (Å²) in [6, 6.07) is 33.3. The molecule has 0 saturated heterocycles. The van der Waals surface area contributed by atoms with Gasteiger partial charge in [0, 0.05) is 26.7 Å². The second-order valence-electron chi connectivity index (χ2n) is 8.12. The molecule has 2 nitrogen and oxygen atoms in total. The zero-order chi connectivity index (χ0) is 21.2. The predicted molar refractivity (Wildman–Crippen MR) is 134 cm³/mol. The van der Waals surface area contributed by atoms with Crippen LogP contribution in [0.5, 0.6) is 0 Å². The van der Waals surface area contributed by atoms with Crippen molar-refractivity contribution in [1.82, 2.24) is 4.98 Å². The van der Waals surface area contributed by atoms with E-state index in [1.54, 1.807) is 0 Å². The van der Waals surface area contributed by atoms with Gasteiger partial charge in [-0.15, -0.1) is 0 Å². The third-order valence-electron chi connectivity index (χ3n) is 6.34. The Bertz CT molecular complexity index is 1840. The number of benzene rings is 6. The average molecular weight is 430 g/mol. The number of rotatable bonds is 1. The molecule has 1 heterocycles. The number of aromatic nitrogens is 1. The third-order valence-corrected chi connectivity index (χ3v) is 6.67. The van der Waals surface area contributed by atoms with Crippen LogP contribution in [0.3, 0.4) is 0 Å². The maximum atomic E-state index is 6.53. The third kappa shape index (κ3) is 2.44. The molecule has 0 bridgehead atoms. The SMILES string of the molecule is Clc1cccc2c1ccc1ccc3ccc4nc(-c5cccc6ccccc56)oc4c3c12. The summed E-state index contributed by atoms with van der Waals surface area (Å²) in [4.78, 5) is 4.89. The van der Waals surface area contributed by atoms with E-state index >= 15 is 0 Å². The lowest BCUT2D eigenvalue weighted by atomic mass is 9.96. The van der Waals surface area contributed by atoms with Crippen LogP contribution in [0.15, 0.2) is 101 Å². The van der Waals surface area contributed by atoms with Crippen molar-refractivity contribution < 1.29 is 4.42 Å². The van der Waals surface area contributed by atoms with Crippen LogP contribution in [0.25, 0.3) is 65.6 Å². The lowest BCUT2D eigenvalue weighted by molar-refractivity contribution is 0.624. The molecule has 0 aliphatic carbocycles. The van der Waals surface area contributed by atoms with Gasteiger partial charge in [-0.05, 0) is 45.1 Å². The molecular formula is C29H16ClNO. The molecule has 0 aliphatic rings. The number of hydrogen-bond acceptors (Lipinski definition) is 2. The summed E-state index contributed by atoms with van der Waals surface area (Å²) in [5, 5.41) is 9.72. The molecule has 150 valence electrons. The summed E-state index contributed by atoms with van der Waals surface area (Å²) < 4.78 is 6.52. The summed E-state index contributed by atoms with van der Waals surface area (Å²) in [5.41, 5.74) is 2.66. The standard InChI is InChI=1S/C29H16ClNO/c30-24-10-4-8-22-21(24)15-13-18-11-12-19-14-16-25-28(27(19)26(18)22)32-29(31-25)23-9-3-6-17-5-1-2-7-20(17)23/h1-16H. The second kappa shape index (κ2) is 6.56. The van der Waals surface area contributed by atoms with Gasteiger partial charge in [-0.2, -0.15) is 0 Å². The smallest absolute Gasteiger partial charge is 0.227 e. The molecule has 1 aromatic heterocycles. The van der Waals surface area contributed by atoms with Gasteiger partial charge >= 0.3 is 0 Å². The Balaban J connectivity index is 1.64. The Hall–Kier alpha value is -3.88. The van der Waals surface area contributed by atoms with E-state index in [1.807, 2.05) is 30.3 Å². The van der Waals surface area contributed by atoms with Gasteiger partial charge in [-0.3, -0.25) is 0 Å². The van der Waals surface area contributed by atoms with Gasteiger partial charge in [0.25, 0.3) is 0 Å². The van der Waals surface area contributed by atoms with E-state index in [2.05, 4.69) is 66.7 Å². The second-order valence-corrected chi connectivity index (χ2v) is 8.53. The summed E-state index contributed by atoms with van der Waals surface area (Å²) in [7, 11) is 0. The Morgan fingerprint density at radius 1 is 0.562 bits per heavy atom. The van der Waals surface area contributed by atoms with E-state index < -0.39 is 0 Å². The van der Waals surface area contributed by atoms with E-state index in [-0.39, 0.29) is 0 Å². The first-order valence-corrected chi connectivity index (χ1v) is 11.0. The van der Waals surface area contributed by atoms with E-state index in [0.717, 1.165) is 59.4 Å². The van der Waals surface area contributed by atoms with Gasteiger partial charge in [0.05, 0.1) is 0 Å². The van der Waals surface area contributed by atoms with Crippen LogP contribution in [0.1, 0.15) is 0 Å². The zero-order valence-corrected chi connectivity index (χ0v) is 17.7. The molecule has 0 fully saturated rings. The Morgan fingerprint density at radius 2 is 1.28 bits per heavy atom. The normalized spacial score (nSPS) is 11.9. The minimum absolute atomic E-state index is 0.638. The van der Waals surface area contributed by atoms with Crippen molar-refractivity contribution in [2.24, 2.45) is 0 Å². The van der Waals surface area contributed by atoms with Crippen molar-refractivity contribution in [1.29, 1.82) is 0 Å². The molecular weight excluding hydrogens is 414 g/mol. The van der Waals surface area contributed by atoms with Crippen LogP contribution in [-0.4, -0.2) is 4.98 Å². The Labute approximate surface area is 188 Å². The fourth-order valence-corrected chi connectivity index (χ4v) is 5.10. The molecule has 0 saturated carbocycles. The molecule has 7 rings (SSSR count). The fourth-order valence-electron chi connectivity index (χ4n) is 4.86. The lowest BCUT2D eigenvalue weighted by Crippen LogP contribution is -1.83. The molecule has 0 unspecified atom stereocenters. The van der Waals surface area contributed by atoms with Crippen molar-refractivity contribution in [2.45, 2.75) is 0 Å². The lowest BCUT2D eigenvalue weighted by Gasteiger charge is -2.09. The highest BCUT2D eigenvalue weighted by atomic mass is 35.5. The summed E-state index contributed by atoms with van der Waals surface area (Å²) in [5.74, 6) is 0.638. The quantitative estimate of drug-likeness (QED) is 0.244. The van der Waals surface area contributed by atoms with E-state index in [1.165, 1.54) is 5.39 Å². The molecule has 0 N–H and O–H groups in total. The topological polar surface area (TPSA) is 26.0 Å². The maximum absolute atomic E-state index is 6.53. The molecule has 6 aromatic carbocycles. The molecule has 0 aliphatic heterocycles. The van der Waals surface area contributed by atoms with Crippen LogP contribution in [-0.2, 0) is 0 Å². The molecule has 0 spiro atoms. The Morgan fingerprint density at radius 3 is 2.22 bits per heavy atom. The van der Waals surface area contributed by atoms with E-state index in [9.17, 15) is 0 Å². The number of oxazole rings is 1. The van der Waals surface area contributed by atoms with Crippen molar-refractivity contribution in [3.8, 4) is 11.5 Å². The maximum Gasteiger partial charge on any atom is 0.227 e. The highest BCUT2D eigenvalue weighted by Crippen LogP contribution is 2.40. The first-order valence-electron chi connectivity index (χ1n) is 10.6. The van der Waals surface area contributed by atoms with Crippen LogP contribution in [0, 0.1) is 0 Å².